The third-order valence-electron chi connectivity index (χ3n) is 5.07. The molecule has 1 saturated heterocycles. The number of hydrogen-bond acceptors (Lipinski definition) is 3. The number of nitrogens with one attached hydrogen (secondary N) is 2. The van der Waals surface area contributed by atoms with Gasteiger partial charge < -0.3 is 15.5 Å². The Hall–Kier alpha value is -3.22. The molecule has 0 aromatic heterocycles. The van der Waals surface area contributed by atoms with Gasteiger partial charge in [-0.15, -0.1) is 0 Å². The number of amides is 3. The molecule has 2 aromatic rings. The summed E-state index contributed by atoms with van der Waals surface area (Å²) in [5, 5.41) is 5.50. The van der Waals surface area contributed by atoms with Gasteiger partial charge in [-0.2, -0.15) is 0 Å². The van der Waals surface area contributed by atoms with Gasteiger partial charge in [-0.3, -0.25) is 14.4 Å². The lowest BCUT2D eigenvalue weighted by molar-refractivity contribution is -0.132. The molecule has 0 atom stereocenters. The largest absolute Gasteiger partial charge is 0.343 e. The Morgan fingerprint density at radius 2 is 1.76 bits per heavy atom. The molecule has 0 unspecified atom stereocenters. The number of likely N-dealkylation sites (tertiary alicyclic amines) is 1. The van der Waals surface area contributed by atoms with E-state index in [1.807, 2.05) is 30.3 Å². The molecular weight excluding hydrogens is 373 g/mol. The van der Waals surface area contributed by atoms with Crippen molar-refractivity contribution < 1.29 is 18.8 Å². The minimum atomic E-state index is -1.09. The normalized spacial score (nSPS) is 14.3. The second-order valence-corrected chi connectivity index (χ2v) is 7.08. The number of carbonyl (C=O) groups excluding carboxylic acids is 3. The number of piperidine rings is 1. The van der Waals surface area contributed by atoms with Gasteiger partial charge in [0.05, 0.1) is 0 Å². The fourth-order valence-electron chi connectivity index (χ4n) is 3.49. The molecule has 2 N–H and O–H groups in total. The summed E-state index contributed by atoms with van der Waals surface area (Å²) in [5.74, 6) is -0.872. The summed E-state index contributed by atoms with van der Waals surface area (Å²) in [6.45, 7) is 1.64. The van der Waals surface area contributed by atoms with E-state index in [9.17, 15) is 18.8 Å². The van der Waals surface area contributed by atoms with Gasteiger partial charge in [0.15, 0.2) is 6.67 Å². The van der Waals surface area contributed by atoms with Crippen molar-refractivity contribution in [3.05, 3.63) is 48.5 Å². The maximum Gasteiger partial charge on any atom is 0.255 e. The lowest BCUT2D eigenvalue weighted by Crippen LogP contribution is -2.40. The first-order valence-corrected chi connectivity index (χ1v) is 9.59. The topological polar surface area (TPSA) is 78.5 Å². The molecule has 152 valence electrons. The molecular formula is C22H24FN3O3. The number of halogens is 1. The third-order valence-corrected chi connectivity index (χ3v) is 5.07. The molecule has 0 aliphatic carbocycles. The zero-order valence-electron chi connectivity index (χ0n) is 16.3. The van der Waals surface area contributed by atoms with E-state index < -0.39 is 12.6 Å². The minimum Gasteiger partial charge on any atom is -0.343 e. The summed E-state index contributed by atoms with van der Waals surface area (Å²) in [6.07, 6.45) is 1.28. The SMILES string of the molecule is CC(=O)N1CCC(C(=O)Nc2cccc(-c3ccccc3NC(=O)CF)c2)CC1. The summed E-state index contributed by atoms with van der Waals surface area (Å²) < 4.78 is 12.6. The molecule has 29 heavy (non-hydrogen) atoms. The number of rotatable bonds is 5. The van der Waals surface area contributed by atoms with E-state index in [-0.39, 0.29) is 17.7 Å². The van der Waals surface area contributed by atoms with Gasteiger partial charge in [0, 0.05) is 42.9 Å². The third kappa shape index (κ3) is 5.19. The zero-order chi connectivity index (χ0) is 20.8. The van der Waals surface area contributed by atoms with Gasteiger partial charge in [-0.1, -0.05) is 30.3 Å². The predicted molar refractivity (Wildman–Crippen MR) is 110 cm³/mol. The number of para-hydroxylation sites is 1. The van der Waals surface area contributed by atoms with E-state index in [2.05, 4.69) is 10.6 Å². The first kappa shape index (κ1) is 20.5. The van der Waals surface area contributed by atoms with Crippen LogP contribution in [0.2, 0.25) is 0 Å². The lowest BCUT2D eigenvalue weighted by Gasteiger charge is -2.30. The Bertz CT molecular complexity index is 908. The van der Waals surface area contributed by atoms with Crippen LogP contribution in [0, 0.1) is 5.92 Å². The van der Waals surface area contributed by atoms with Gasteiger partial charge in [-0.25, -0.2) is 4.39 Å². The van der Waals surface area contributed by atoms with Crippen LogP contribution in [-0.4, -0.2) is 42.4 Å². The standard InChI is InChI=1S/C22H24FN3O3/c1-15(27)26-11-9-16(10-12-26)22(29)24-18-6-4-5-17(13-18)19-7-2-3-8-20(19)25-21(28)14-23/h2-8,13,16H,9-12,14H2,1H3,(H,24,29)(H,25,28). The minimum absolute atomic E-state index is 0.0371. The van der Waals surface area contributed by atoms with Crippen LogP contribution in [0.3, 0.4) is 0 Å². The Labute approximate surface area is 169 Å². The highest BCUT2D eigenvalue weighted by Crippen LogP contribution is 2.30. The molecule has 1 aliphatic heterocycles. The highest BCUT2D eigenvalue weighted by Gasteiger charge is 2.26. The Morgan fingerprint density at radius 1 is 1.03 bits per heavy atom. The molecule has 2 aromatic carbocycles. The lowest BCUT2D eigenvalue weighted by atomic mass is 9.95. The summed E-state index contributed by atoms with van der Waals surface area (Å²) in [7, 11) is 0. The molecule has 0 bridgehead atoms. The van der Waals surface area contributed by atoms with Crippen LogP contribution in [0.4, 0.5) is 15.8 Å². The highest BCUT2D eigenvalue weighted by atomic mass is 19.1. The van der Waals surface area contributed by atoms with Crippen LogP contribution in [0.1, 0.15) is 19.8 Å². The van der Waals surface area contributed by atoms with Crippen molar-refractivity contribution in [2.45, 2.75) is 19.8 Å². The van der Waals surface area contributed by atoms with Crippen molar-refractivity contribution >= 4 is 29.1 Å². The average molecular weight is 397 g/mol. The number of hydrogen-bond donors (Lipinski definition) is 2. The summed E-state index contributed by atoms with van der Waals surface area (Å²) in [4.78, 5) is 37.3. The van der Waals surface area contributed by atoms with Gasteiger partial charge in [0.1, 0.15) is 0 Å². The fraction of sp³-hybridized carbons (Fsp3) is 0.318. The predicted octanol–water partition coefficient (Wildman–Crippen LogP) is 3.46. The van der Waals surface area contributed by atoms with Crippen LogP contribution in [0.15, 0.2) is 48.5 Å². The molecule has 1 fully saturated rings. The van der Waals surface area contributed by atoms with Crippen molar-refractivity contribution in [2.24, 2.45) is 5.92 Å². The van der Waals surface area contributed by atoms with E-state index in [0.717, 1.165) is 11.1 Å². The second kappa shape index (κ2) is 9.32. The maximum absolute atomic E-state index is 12.6. The van der Waals surface area contributed by atoms with E-state index >= 15 is 0 Å². The fourth-order valence-corrected chi connectivity index (χ4v) is 3.49. The molecule has 7 heteroatoms. The van der Waals surface area contributed by atoms with Gasteiger partial charge in [-0.05, 0) is 36.6 Å². The summed E-state index contributed by atoms with van der Waals surface area (Å²) in [5.41, 5.74) is 2.69. The van der Waals surface area contributed by atoms with Gasteiger partial charge in [0.25, 0.3) is 5.91 Å². The van der Waals surface area contributed by atoms with Crippen LogP contribution in [-0.2, 0) is 14.4 Å². The van der Waals surface area contributed by atoms with E-state index in [1.54, 1.807) is 30.0 Å². The van der Waals surface area contributed by atoms with Gasteiger partial charge in [0.2, 0.25) is 11.8 Å². The Kier molecular flexibility index (Phi) is 6.59. The molecule has 3 rings (SSSR count). The zero-order valence-corrected chi connectivity index (χ0v) is 16.3. The number of carbonyl (C=O) groups is 3. The molecule has 0 saturated carbocycles. The molecule has 1 aliphatic rings. The van der Waals surface area contributed by atoms with Crippen LogP contribution >= 0.6 is 0 Å². The van der Waals surface area contributed by atoms with E-state index in [1.165, 1.54) is 0 Å². The van der Waals surface area contributed by atoms with Crippen molar-refractivity contribution in [2.75, 3.05) is 30.4 Å². The van der Waals surface area contributed by atoms with Crippen molar-refractivity contribution in [3.63, 3.8) is 0 Å². The average Bonchev–Trinajstić information content (AvgIpc) is 2.74. The quantitative estimate of drug-likeness (QED) is 0.811. The number of nitrogens with zero attached hydrogens (tertiary/aromatic N) is 1. The summed E-state index contributed by atoms with van der Waals surface area (Å²) in [6, 6.07) is 14.4. The Balaban J connectivity index is 1.72. The smallest absolute Gasteiger partial charge is 0.255 e. The van der Waals surface area contributed by atoms with Crippen LogP contribution in [0.5, 0.6) is 0 Å². The summed E-state index contributed by atoms with van der Waals surface area (Å²) >= 11 is 0. The second-order valence-electron chi connectivity index (χ2n) is 7.08. The molecule has 6 nitrogen and oxygen atoms in total. The number of alkyl halides is 1. The first-order valence-electron chi connectivity index (χ1n) is 9.59. The van der Waals surface area contributed by atoms with Crippen molar-refractivity contribution in [3.8, 4) is 11.1 Å². The molecule has 0 spiro atoms. The van der Waals surface area contributed by atoms with E-state index in [4.69, 9.17) is 0 Å². The van der Waals surface area contributed by atoms with Crippen LogP contribution < -0.4 is 10.6 Å². The monoisotopic (exact) mass is 397 g/mol. The maximum atomic E-state index is 12.6. The molecule has 0 radical (unpaired) electrons. The molecule has 3 amide bonds. The highest BCUT2D eigenvalue weighted by molar-refractivity contribution is 5.97. The number of anilines is 2. The molecule has 1 heterocycles. The van der Waals surface area contributed by atoms with Crippen molar-refractivity contribution in [1.82, 2.24) is 4.90 Å². The van der Waals surface area contributed by atoms with Gasteiger partial charge >= 0.3 is 0 Å². The van der Waals surface area contributed by atoms with Crippen LogP contribution in [0.25, 0.3) is 11.1 Å². The Morgan fingerprint density at radius 3 is 2.45 bits per heavy atom. The first-order chi connectivity index (χ1) is 14.0. The van der Waals surface area contributed by atoms with Crippen molar-refractivity contribution in [1.29, 1.82) is 0 Å². The number of benzene rings is 2. The van der Waals surface area contributed by atoms with E-state index in [0.29, 0.717) is 37.3 Å².